The molecule has 20 heavy (non-hydrogen) atoms. The first-order valence-electron chi connectivity index (χ1n) is 6.67. The summed E-state index contributed by atoms with van der Waals surface area (Å²) < 4.78 is 5.50. The van der Waals surface area contributed by atoms with E-state index in [0.717, 1.165) is 22.4 Å². The molecule has 0 aliphatic rings. The third-order valence-corrected chi connectivity index (χ3v) is 3.19. The Bertz CT molecular complexity index is 624. The number of rotatable bonds is 4. The fraction of sp³-hybridized carbons (Fsp3) is 0.235. The average Bonchev–Trinajstić information content (AvgIpc) is 2.38. The molecule has 0 radical (unpaired) electrons. The molecule has 3 heteroatoms. The van der Waals surface area contributed by atoms with Crippen molar-refractivity contribution >= 4 is 11.5 Å². The fourth-order valence-corrected chi connectivity index (χ4v) is 2.36. The summed E-state index contributed by atoms with van der Waals surface area (Å²) >= 11 is 0. The Balaban J connectivity index is 2.45. The van der Waals surface area contributed by atoms with Crippen molar-refractivity contribution in [3.05, 3.63) is 58.7 Å². The third kappa shape index (κ3) is 2.82. The number of anilines is 1. The van der Waals surface area contributed by atoms with Crippen LogP contribution in [-0.2, 0) is 0 Å². The van der Waals surface area contributed by atoms with Crippen molar-refractivity contribution in [2.75, 3.05) is 12.3 Å². The summed E-state index contributed by atoms with van der Waals surface area (Å²) in [5, 5.41) is 0. The van der Waals surface area contributed by atoms with Crippen molar-refractivity contribution in [2.24, 2.45) is 0 Å². The highest BCUT2D eigenvalue weighted by Gasteiger charge is 2.16. The largest absolute Gasteiger partial charge is 0.494 e. The van der Waals surface area contributed by atoms with Gasteiger partial charge in [0.05, 0.1) is 6.61 Å². The summed E-state index contributed by atoms with van der Waals surface area (Å²) in [5.41, 5.74) is 9.50. The number of nitrogens with two attached hydrogens (primary N) is 1. The first-order chi connectivity index (χ1) is 9.52. The number of hydrogen-bond acceptors (Lipinski definition) is 3. The lowest BCUT2D eigenvalue weighted by Gasteiger charge is -2.12. The van der Waals surface area contributed by atoms with E-state index in [2.05, 4.69) is 0 Å². The molecule has 0 saturated heterocycles. The maximum Gasteiger partial charge on any atom is 0.193 e. The molecule has 2 rings (SSSR count). The minimum absolute atomic E-state index is 0.00431. The quantitative estimate of drug-likeness (QED) is 0.682. The standard InChI is InChI=1S/C17H19NO2/c1-4-20-15-8-11(2)16(12(3)9-15)17(19)13-6-5-7-14(18)10-13/h5-10H,4,18H2,1-3H3. The van der Waals surface area contributed by atoms with Crippen LogP contribution in [0.2, 0.25) is 0 Å². The van der Waals surface area contributed by atoms with Crippen LogP contribution in [0.25, 0.3) is 0 Å². The van der Waals surface area contributed by atoms with E-state index in [1.54, 1.807) is 24.3 Å². The van der Waals surface area contributed by atoms with E-state index >= 15 is 0 Å². The van der Waals surface area contributed by atoms with Gasteiger partial charge in [-0.2, -0.15) is 0 Å². The highest BCUT2D eigenvalue weighted by Crippen LogP contribution is 2.25. The molecule has 104 valence electrons. The zero-order valence-corrected chi connectivity index (χ0v) is 12.1. The molecule has 2 N–H and O–H groups in total. The van der Waals surface area contributed by atoms with E-state index in [-0.39, 0.29) is 5.78 Å². The first kappa shape index (κ1) is 14.1. The van der Waals surface area contributed by atoms with Gasteiger partial charge in [-0.15, -0.1) is 0 Å². The molecule has 3 nitrogen and oxygen atoms in total. The van der Waals surface area contributed by atoms with Crippen molar-refractivity contribution in [3.8, 4) is 5.75 Å². The molecule has 0 unspecified atom stereocenters. The minimum atomic E-state index is -0.00431. The Labute approximate surface area is 119 Å². The van der Waals surface area contributed by atoms with Gasteiger partial charge in [0.2, 0.25) is 0 Å². The summed E-state index contributed by atoms with van der Waals surface area (Å²) in [6.45, 7) is 6.40. The van der Waals surface area contributed by atoms with Crippen molar-refractivity contribution in [3.63, 3.8) is 0 Å². The van der Waals surface area contributed by atoms with Crippen LogP contribution in [0.3, 0.4) is 0 Å². The number of ether oxygens (including phenoxy) is 1. The lowest BCUT2D eigenvalue weighted by atomic mass is 9.94. The molecule has 0 aliphatic heterocycles. The number of carbonyl (C=O) groups is 1. The molecule has 0 amide bonds. The maximum atomic E-state index is 12.6. The molecular weight excluding hydrogens is 250 g/mol. The Morgan fingerprint density at radius 1 is 1.15 bits per heavy atom. The number of nitrogen functional groups attached to an aromatic ring is 1. The monoisotopic (exact) mass is 269 g/mol. The molecule has 0 saturated carbocycles. The second-order valence-electron chi connectivity index (χ2n) is 4.82. The second kappa shape index (κ2) is 5.78. The SMILES string of the molecule is CCOc1cc(C)c(C(=O)c2cccc(N)c2)c(C)c1. The summed E-state index contributed by atoms with van der Waals surface area (Å²) in [6.07, 6.45) is 0. The summed E-state index contributed by atoms with van der Waals surface area (Å²) in [4.78, 5) is 12.6. The minimum Gasteiger partial charge on any atom is -0.494 e. The van der Waals surface area contributed by atoms with Gasteiger partial charge in [0.15, 0.2) is 5.78 Å². The van der Waals surface area contributed by atoms with Crippen molar-refractivity contribution < 1.29 is 9.53 Å². The zero-order chi connectivity index (χ0) is 14.7. The summed E-state index contributed by atoms with van der Waals surface area (Å²) in [7, 11) is 0. The van der Waals surface area contributed by atoms with Crippen LogP contribution in [-0.4, -0.2) is 12.4 Å². The zero-order valence-electron chi connectivity index (χ0n) is 12.1. The summed E-state index contributed by atoms with van der Waals surface area (Å²) in [6, 6.07) is 10.9. The number of hydrogen-bond donors (Lipinski definition) is 1. The molecule has 0 spiro atoms. The van der Waals surface area contributed by atoms with E-state index < -0.39 is 0 Å². The van der Waals surface area contributed by atoms with Crippen LogP contribution in [0.4, 0.5) is 5.69 Å². The lowest BCUT2D eigenvalue weighted by Crippen LogP contribution is -2.07. The third-order valence-electron chi connectivity index (χ3n) is 3.19. The average molecular weight is 269 g/mol. The normalized spacial score (nSPS) is 10.3. The topological polar surface area (TPSA) is 52.3 Å². The van der Waals surface area contributed by atoms with Crippen LogP contribution < -0.4 is 10.5 Å². The van der Waals surface area contributed by atoms with E-state index in [9.17, 15) is 4.79 Å². The number of ketones is 1. The summed E-state index contributed by atoms with van der Waals surface area (Å²) in [5.74, 6) is 0.793. The van der Waals surface area contributed by atoms with Gasteiger partial charge in [-0.3, -0.25) is 4.79 Å². The first-order valence-corrected chi connectivity index (χ1v) is 6.67. The molecular formula is C17H19NO2. The second-order valence-corrected chi connectivity index (χ2v) is 4.82. The Morgan fingerprint density at radius 3 is 2.35 bits per heavy atom. The van der Waals surface area contributed by atoms with Crippen molar-refractivity contribution in [1.82, 2.24) is 0 Å². The van der Waals surface area contributed by atoms with Crippen LogP contribution in [0.15, 0.2) is 36.4 Å². The Morgan fingerprint density at radius 2 is 1.80 bits per heavy atom. The van der Waals surface area contributed by atoms with Crippen molar-refractivity contribution in [2.45, 2.75) is 20.8 Å². The molecule has 2 aromatic rings. The predicted octanol–water partition coefficient (Wildman–Crippen LogP) is 3.52. The molecule has 0 aromatic heterocycles. The molecule has 0 fully saturated rings. The molecule has 0 bridgehead atoms. The number of carbonyl (C=O) groups excluding carboxylic acids is 1. The smallest absolute Gasteiger partial charge is 0.193 e. The number of aryl methyl sites for hydroxylation is 2. The molecule has 0 atom stereocenters. The van der Waals surface area contributed by atoms with E-state index in [4.69, 9.17) is 10.5 Å². The highest BCUT2D eigenvalue weighted by molar-refractivity contribution is 6.11. The van der Waals surface area contributed by atoms with Gasteiger partial charge in [0.25, 0.3) is 0 Å². The van der Waals surface area contributed by atoms with Crippen LogP contribution >= 0.6 is 0 Å². The van der Waals surface area contributed by atoms with Gasteiger partial charge in [0.1, 0.15) is 5.75 Å². The van der Waals surface area contributed by atoms with E-state index in [1.807, 2.05) is 32.9 Å². The highest BCUT2D eigenvalue weighted by atomic mass is 16.5. The van der Waals surface area contributed by atoms with Crippen LogP contribution in [0, 0.1) is 13.8 Å². The van der Waals surface area contributed by atoms with Gasteiger partial charge in [0, 0.05) is 16.8 Å². The Hall–Kier alpha value is -2.29. The predicted molar refractivity (Wildman–Crippen MR) is 81.4 cm³/mol. The van der Waals surface area contributed by atoms with Gasteiger partial charge >= 0.3 is 0 Å². The van der Waals surface area contributed by atoms with E-state index in [1.165, 1.54) is 0 Å². The van der Waals surface area contributed by atoms with Gasteiger partial charge in [-0.25, -0.2) is 0 Å². The Kier molecular flexibility index (Phi) is 4.08. The fourth-order valence-electron chi connectivity index (χ4n) is 2.36. The van der Waals surface area contributed by atoms with Gasteiger partial charge < -0.3 is 10.5 Å². The lowest BCUT2D eigenvalue weighted by molar-refractivity contribution is 0.103. The van der Waals surface area contributed by atoms with Gasteiger partial charge in [-0.1, -0.05) is 12.1 Å². The van der Waals surface area contributed by atoms with Crippen LogP contribution in [0.1, 0.15) is 34.0 Å². The molecule has 2 aromatic carbocycles. The number of benzene rings is 2. The van der Waals surface area contributed by atoms with E-state index in [0.29, 0.717) is 17.9 Å². The maximum absolute atomic E-state index is 12.6. The van der Waals surface area contributed by atoms with Crippen LogP contribution in [0.5, 0.6) is 5.75 Å². The molecule has 0 aliphatic carbocycles. The van der Waals surface area contributed by atoms with Crippen molar-refractivity contribution in [1.29, 1.82) is 0 Å². The molecule has 0 heterocycles. The van der Waals surface area contributed by atoms with Gasteiger partial charge in [-0.05, 0) is 56.2 Å².